The van der Waals surface area contributed by atoms with Gasteiger partial charge < -0.3 is 20.3 Å². The molecule has 0 aliphatic heterocycles. The Morgan fingerprint density at radius 2 is 0.649 bits per heavy atom. The first-order valence-corrected chi connectivity index (χ1v) is 34.4. The molecule has 77 heavy (non-hydrogen) atoms. The minimum Gasteiger partial charge on any atom is -0.466 e. The van der Waals surface area contributed by atoms with Crippen LogP contribution in [0.25, 0.3) is 0 Å². The van der Waals surface area contributed by atoms with Crippen molar-refractivity contribution in [2.45, 2.75) is 379 Å². The Kier molecular flexibility index (Phi) is 64.5. The molecule has 0 aliphatic carbocycles. The van der Waals surface area contributed by atoms with Crippen LogP contribution in [0.5, 0.6) is 0 Å². The number of nitrogens with one attached hydrogen (secondary N) is 1. The monoisotopic (exact) mass is 1080 g/mol. The second-order valence-corrected chi connectivity index (χ2v) is 23.5. The smallest absolute Gasteiger partial charge is 0.305 e. The summed E-state index contributed by atoms with van der Waals surface area (Å²) in [6.07, 6.45) is 86.1. The van der Waals surface area contributed by atoms with Gasteiger partial charge in [-0.1, -0.05) is 313 Å². The summed E-state index contributed by atoms with van der Waals surface area (Å²) in [5.74, 6) is -0.0633. The van der Waals surface area contributed by atoms with E-state index in [1.165, 1.54) is 289 Å². The van der Waals surface area contributed by atoms with E-state index in [0.29, 0.717) is 19.4 Å². The first-order chi connectivity index (χ1) is 38.0. The molecule has 1 amide bonds. The van der Waals surface area contributed by atoms with Gasteiger partial charge in [-0.15, -0.1) is 0 Å². The lowest BCUT2D eigenvalue weighted by Crippen LogP contribution is -2.45. The number of ether oxygens (including phenoxy) is 1. The largest absolute Gasteiger partial charge is 0.466 e. The zero-order chi connectivity index (χ0) is 55.7. The van der Waals surface area contributed by atoms with Gasteiger partial charge in [0, 0.05) is 12.8 Å². The van der Waals surface area contributed by atoms with Gasteiger partial charge in [0.25, 0.3) is 0 Å². The highest BCUT2D eigenvalue weighted by molar-refractivity contribution is 5.76. The van der Waals surface area contributed by atoms with Gasteiger partial charge in [0.05, 0.1) is 25.4 Å². The summed E-state index contributed by atoms with van der Waals surface area (Å²) in [4.78, 5) is 24.6. The van der Waals surface area contributed by atoms with Crippen molar-refractivity contribution in [1.82, 2.24) is 5.32 Å². The van der Waals surface area contributed by atoms with Crippen LogP contribution in [-0.2, 0) is 14.3 Å². The number of allylic oxidation sites excluding steroid dienone is 7. The van der Waals surface area contributed by atoms with Crippen LogP contribution in [0.1, 0.15) is 367 Å². The first-order valence-electron chi connectivity index (χ1n) is 34.4. The summed E-state index contributed by atoms with van der Waals surface area (Å²) in [7, 11) is 0. The topological polar surface area (TPSA) is 95.9 Å². The lowest BCUT2D eigenvalue weighted by atomic mass is 10.0. The molecule has 0 fully saturated rings. The molecule has 6 heteroatoms. The van der Waals surface area contributed by atoms with Gasteiger partial charge in [0.1, 0.15) is 0 Å². The minimum atomic E-state index is -0.844. The Morgan fingerprint density at radius 1 is 0.364 bits per heavy atom. The van der Waals surface area contributed by atoms with Gasteiger partial charge in [-0.3, -0.25) is 9.59 Å². The zero-order valence-corrected chi connectivity index (χ0v) is 51.7. The fourth-order valence-corrected chi connectivity index (χ4v) is 10.5. The number of aliphatic hydroxyl groups excluding tert-OH is 2. The molecule has 0 spiro atoms. The fourth-order valence-electron chi connectivity index (χ4n) is 10.5. The predicted octanol–water partition coefficient (Wildman–Crippen LogP) is 22.1. The maximum atomic E-state index is 12.5. The second-order valence-electron chi connectivity index (χ2n) is 23.5. The van der Waals surface area contributed by atoms with Crippen molar-refractivity contribution in [1.29, 1.82) is 0 Å². The summed E-state index contributed by atoms with van der Waals surface area (Å²) in [6, 6.07) is -0.628. The van der Waals surface area contributed by atoms with Crippen LogP contribution in [0.3, 0.4) is 0 Å². The number of rotatable bonds is 64. The molecular formula is C71H133NO5. The van der Waals surface area contributed by atoms with E-state index in [1.807, 2.05) is 6.08 Å². The third kappa shape index (κ3) is 62.9. The number of carbonyl (C=O) groups is 2. The van der Waals surface area contributed by atoms with E-state index >= 15 is 0 Å². The maximum absolute atomic E-state index is 12.5. The molecule has 0 aromatic heterocycles. The zero-order valence-electron chi connectivity index (χ0n) is 51.7. The van der Waals surface area contributed by atoms with Gasteiger partial charge >= 0.3 is 5.97 Å². The number of carbonyl (C=O) groups excluding carboxylic acids is 2. The van der Waals surface area contributed by atoms with Gasteiger partial charge in [-0.05, 0) is 89.9 Å². The van der Waals surface area contributed by atoms with Crippen LogP contribution in [-0.4, -0.2) is 47.4 Å². The van der Waals surface area contributed by atoms with Crippen molar-refractivity contribution in [3.63, 3.8) is 0 Å². The van der Waals surface area contributed by atoms with Crippen molar-refractivity contribution in [2.75, 3.05) is 13.2 Å². The van der Waals surface area contributed by atoms with E-state index in [9.17, 15) is 19.8 Å². The maximum Gasteiger partial charge on any atom is 0.305 e. The molecule has 0 bridgehead atoms. The van der Waals surface area contributed by atoms with Gasteiger partial charge in [0.2, 0.25) is 5.91 Å². The normalized spacial score (nSPS) is 12.8. The molecule has 452 valence electrons. The summed E-state index contributed by atoms with van der Waals surface area (Å²) < 4.78 is 5.48. The fraction of sp³-hybridized carbons (Fsp3) is 0.859. The van der Waals surface area contributed by atoms with Crippen molar-refractivity contribution in [2.24, 2.45) is 0 Å². The number of esters is 1. The molecule has 3 N–H and O–H groups in total. The number of hydrogen-bond acceptors (Lipinski definition) is 5. The highest BCUT2D eigenvalue weighted by Crippen LogP contribution is 2.18. The highest BCUT2D eigenvalue weighted by Gasteiger charge is 2.18. The number of aliphatic hydroxyl groups is 2. The molecule has 0 radical (unpaired) electrons. The predicted molar refractivity (Wildman–Crippen MR) is 338 cm³/mol. The molecule has 0 aliphatic rings. The molecular weight excluding hydrogens is 947 g/mol. The molecule has 0 aromatic rings. The molecule has 0 rings (SSSR count). The standard InChI is InChI=1S/C71H133NO5/c1-3-5-7-9-11-13-15-17-19-36-39-43-47-51-55-59-63-69(74)68(67-73)72-70(75)64-60-56-52-48-44-40-37-33-31-29-27-25-23-21-20-22-24-26-28-30-32-34-38-42-46-50-54-58-62-66-77-71(76)65-61-57-53-49-45-41-35-18-16-14-12-10-8-6-4-2/h12,14,18,20,22,35,59,63,68-69,73-74H,3-11,13,15-17,19,21,23-34,36-58,60-62,64-67H2,1-2H3,(H,72,75)/b14-12-,22-20-,35-18-,63-59+. The summed E-state index contributed by atoms with van der Waals surface area (Å²) >= 11 is 0. The molecule has 0 saturated carbocycles. The van der Waals surface area contributed by atoms with E-state index in [1.54, 1.807) is 6.08 Å². The van der Waals surface area contributed by atoms with Crippen LogP contribution in [0.2, 0.25) is 0 Å². The Hall–Kier alpha value is -2.18. The summed E-state index contributed by atoms with van der Waals surface area (Å²) in [5.41, 5.74) is 0. The van der Waals surface area contributed by atoms with Crippen molar-refractivity contribution < 1.29 is 24.5 Å². The van der Waals surface area contributed by atoms with Crippen molar-refractivity contribution in [3.8, 4) is 0 Å². The molecule has 0 aromatic carbocycles. The molecule has 0 saturated heterocycles. The van der Waals surface area contributed by atoms with E-state index in [-0.39, 0.29) is 18.5 Å². The second kappa shape index (κ2) is 66.3. The molecule has 2 atom stereocenters. The quantitative estimate of drug-likeness (QED) is 0.0320. The Bertz CT molecular complexity index is 1290. The number of hydrogen-bond donors (Lipinski definition) is 3. The Morgan fingerprint density at radius 3 is 1.03 bits per heavy atom. The van der Waals surface area contributed by atoms with Crippen LogP contribution in [0.4, 0.5) is 0 Å². The summed E-state index contributed by atoms with van der Waals surface area (Å²) in [5, 5.41) is 23.2. The van der Waals surface area contributed by atoms with E-state index in [2.05, 4.69) is 55.6 Å². The van der Waals surface area contributed by atoms with E-state index < -0.39 is 12.1 Å². The summed E-state index contributed by atoms with van der Waals surface area (Å²) in [6.45, 7) is 4.89. The minimum absolute atomic E-state index is 0.00210. The molecule has 0 heterocycles. The lowest BCUT2D eigenvalue weighted by molar-refractivity contribution is -0.143. The third-order valence-corrected chi connectivity index (χ3v) is 15.8. The average Bonchev–Trinajstić information content (AvgIpc) is 3.43. The SMILES string of the molecule is CCCCC/C=C\C/C=C\CCCCCCCC(=O)OCCCCCCCCCCCCCC/C=C\CCCCCCCCCCCCCCCC(=O)NC(CO)C(O)/C=C/CCCCCCCCCCCCCCCC. The first kappa shape index (κ1) is 74.8. The Labute approximate surface area is 480 Å². The Balaban J connectivity index is 3.40. The van der Waals surface area contributed by atoms with E-state index in [4.69, 9.17) is 4.74 Å². The van der Waals surface area contributed by atoms with Crippen LogP contribution in [0.15, 0.2) is 48.6 Å². The van der Waals surface area contributed by atoms with E-state index in [0.717, 1.165) is 51.4 Å². The lowest BCUT2D eigenvalue weighted by Gasteiger charge is -2.20. The average molecular weight is 1080 g/mol. The van der Waals surface area contributed by atoms with Gasteiger partial charge in [-0.2, -0.15) is 0 Å². The van der Waals surface area contributed by atoms with Crippen molar-refractivity contribution in [3.05, 3.63) is 48.6 Å². The molecule has 6 nitrogen and oxygen atoms in total. The van der Waals surface area contributed by atoms with Crippen LogP contribution >= 0.6 is 0 Å². The van der Waals surface area contributed by atoms with Crippen LogP contribution < -0.4 is 5.32 Å². The number of unbranched alkanes of at least 4 members (excludes halogenated alkanes) is 47. The van der Waals surface area contributed by atoms with Crippen LogP contribution in [0, 0.1) is 0 Å². The van der Waals surface area contributed by atoms with Gasteiger partial charge in [0.15, 0.2) is 0 Å². The number of amides is 1. The highest BCUT2D eigenvalue weighted by atomic mass is 16.5. The molecule has 2 unspecified atom stereocenters. The van der Waals surface area contributed by atoms with Gasteiger partial charge in [-0.25, -0.2) is 0 Å². The van der Waals surface area contributed by atoms with Crippen molar-refractivity contribution >= 4 is 11.9 Å². The third-order valence-electron chi connectivity index (χ3n) is 15.8.